The Balaban J connectivity index is 1.97. The Hall–Kier alpha value is -3.24. The normalized spacial score (nSPS) is 10.2. The van der Waals surface area contributed by atoms with Crippen molar-refractivity contribution in [3.05, 3.63) is 102 Å². The van der Waals surface area contributed by atoms with Crippen molar-refractivity contribution >= 4 is 17.3 Å². The SMILES string of the molecule is CON(C)C(=O)c1ccc(N=C(c2ccccc2)c2ccccc2)cc1. The molecule has 0 aliphatic rings. The molecule has 0 saturated carbocycles. The minimum Gasteiger partial charge on any atom is -0.274 e. The molecule has 3 aromatic carbocycles. The molecule has 3 aromatic rings. The first kappa shape index (κ1) is 17.6. The van der Waals surface area contributed by atoms with E-state index in [1.807, 2.05) is 72.8 Å². The van der Waals surface area contributed by atoms with E-state index in [0.29, 0.717) is 5.56 Å². The fourth-order valence-corrected chi connectivity index (χ4v) is 2.56. The molecule has 0 fully saturated rings. The van der Waals surface area contributed by atoms with Crippen LogP contribution in [0.5, 0.6) is 0 Å². The molecule has 0 aliphatic carbocycles. The third kappa shape index (κ3) is 4.05. The van der Waals surface area contributed by atoms with Crippen LogP contribution in [0.15, 0.2) is 89.9 Å². The van der Waals surface area contributed by atoms with Crippen LogP contribution in [0.3, 0.4) is 0 Å². The first-order valence-electron chi connectivity index (χ1n) is 8.31. The summed E-state index contributed by atoms with van der Waals surface area (Å²) >= 11 is 0. The minimum absolute atomic E-state index is 0.200. The van der Waals surface area contributed by atoms with E-state index < -0.39 is 0 Å². The number of carbonyl (C=O) groups is 1. The molecule has 0 unspecified atom stereocenters. The Labute approximate surface area is 153 Å². The van der Waals surface area contributed by atoms with Gasteiger partial charge in [0.05, 0.1) is 18.5 Å². The molecular formula is C22H20N2O2. The van der Waals surface area contributed by atoms with E-state index in [-0.39, 0.29) is 5.91 Å². The molecule has 130 valence electrons. The molecule has 0 saturated heterocycles. The highest BCUT2D eigenvalue weighted by molar-refractivity contribution is 6.13. The quantitative estimate of drug-likeness (QED) is 0.505. The fourth-order valence-electron chi connectivity index (χ4n) is 2.56. The number of amides is 1. The lowest BCUT2D eigenvalue weighted by Crippen LogP contribution is -2.25. The van der Waals surface area contributed by atoms with Crippen LogP contribution >= 0.6 is 0 Å². The molecule has 0 spiro atoms. The average molecular weight is 344 g/mol. The Morgan fingerprint density at radius 1 is 0.769 bits per heavy atom. The number of hydrogen-bond donors (Lipinski definition) is 0. The van der Waals surface area contributed by atoms with Crippen LogP contribution in [0.4, 0.5) is 5.69 Å². The maximum Gasteiger partial charge on any atom is 0.277 e. The van der Waals surface area contributed by atoms with Crippen molar-refractivity contribution in [1.29, 1.82) is 0 Å². The summed E-state index contributed by atoms with van der Waals surface area (Å²) in [6.45, 7) is 0. The van der Waals surface area contributed by atoms with Crippen molar-refractivity contribution < 1.29 is 9.63 Å². The van der Waals surface area contributed by atoms with E-state index >= 15 is 0 Å². The van der Waals surface area contributed by atoms with Crippen molar-refractivity contribution in [2.45, 2.75) is 0 Å². The van der Waals surface area contributed by atoms with Gasteiger partial charge in [-0.2, -0.15) is 0 Å². The lowest BCUT2D eigenvalue weighted by Gasteiger charge is -2.13. The predicted molar refractivity (Wildman–Crippen MR) is 104 cm³/mol. The van der Waals surface area contributed by atoms with Gasteiger partial charge in [0.1, 0.15) is 0 Å². The van der Waals surface area contributed by atoms with Crippen LogP contribution in [-0.4, -0.2) is 30.8 Å². The van der Waals surface area contributed by atoms with Gasteiger partial charge in [-0.1, -0.05) is 60.7 Å². The summed E-state index contributed by atoms with van der Waals surface area (Å²) in [6.07, 6.45) is 0. The summed E-state index contributed by atoms with van der Waals surface area (Å²) in [5, 5.41) is 1.19. The maximum atomic E-state index is 12.1. The van der Waals surface area contributed by atoms with Gasteiger partial charge in [-0.3, -0.25) is 9.63 Å². The topological polar surface area (TPSA) is 41.9 Å². The van der Waals surface area contributed by atoms with Gasteiger partial charge < -0.3 is 0 Å². The zero-order valence-electron chi connectivity index (χ0n) is 14.8. The zero-order valence-corrected chi connectivity index (χ0v) is 14.8. The Morgan fingerprint density at radius 2 is 1.27 bits per heavy atom. The largest absolute Gasteiger partial charge is 0.277 e. The average Bonchev–Trinajstić information content (AvgIpc) is 2.72. The van der Waals surface area contributed by atoms with E-state index in [1.54, 1.807) is 19.2 Å². The second kappa shape index (κ2) is 8.23. The predicted octanol–water partition coefficient (Wildman–Crippen LogP) is 4.49. The number of hydroxylamine groups is 2. The Kier molecular flexibility index (Phi) is 5.56. The van der Waals surface area contributed by atoms with Crippen molar-refractivity contribution in [2.75, 3.05) is 14.2 Å². The smallest absolute Gasteiger partial charge is 0.274 e. The van der Waals surface area contributed by atoms with Gasteiger partial charge in [0.25, 0.3) is 5.91 Å². The van der Waals surface area contributed by atoms with E-state index in [0.717, 1.165) is 22.5 Å². The zero-order chi connectivity index (χ0) is 18.4. The molecule has 0 radical (unpaired) electrons. The van der Waals surface area contributed by atoms with Crippen LogP contribution in [-0.2, 0) is 4.84 Å². The number of benzene rings is 3. The lowest BCUT2D eigenvalue weighted by molar-refractivity contribution is -0.0756. The molecule has 4 heteroatoms. The number of hydrogen-bond acceptors (Lipinski definition) is 3. The summed E-state index contributed by atoms with van der Waals surface area (Å²) in [5.41, 5.74) is 4.30. The molecule has 0 heterocycles. The van der Waals surface area contributed by atoms with E-state index in [4.69, 9.17) is 9.83 Å². The lowest BCUT2D eigenvalue weighted by atomic mass is 10.0. The molecular weight excluding hydrogens is 324 g/mol. The standard InChI is InChI=1S/C22H20N2O2/c1-24(26-2)22(25)19-13-15-20(16-14-19)23-21(17-9-5-3-6-10-17)18-11-7-4-8-12-18/h3-16H,1-2H3. The monoisotopic (exact) mass is 344 g/mol. The molecule has 4 nitrogen and oxygen atoms in total. The van der Waals surface area contributed by atoms with E-state index in [9.17, 15) is 4.79 Å². The highest BCUT2D eigenvalue weighted by atomic mass is 16.7. The molecule has 3 rings (SSSR count). The van der Waals surface area contributed by atoms with Gasteiger partial charge in [-0.25, -0.2) is 10.1 Å². The second-order valence-electron chi connectivity index (χ2n) is 5.72. The highest BCUT2D eigenvalue weighted by Gasteiger charge is 2.11. The second-order valence-corrected chi connectivity index (χ2v) is 5.72. The van der Waals surface area contributed by atoms with Crippen LogP contribution in [0.2, 0.25) is 0 Å². The number of rotatable bonds is 5. The third-order valence-electron chi connectivity index (χ3n) is 4.01. The molecule has 26 heavy (non-hydrogen) atoms. The molecule has 0 atom stereocenters. The highest BCUT2D eigenvalue weighted by Crippen LogP contribution is 2.19. The fraction of sp³-hybridized carbons (Fsp3) is 0.0909. The van der Waals surface area contributed by atoms with Crippen LogP contribution < -0.4 is 0 Å². The van der Waals surface area contributed by atoms with Gasteiger partial charge in [-0.15, -0.1) is 0 Å². The maximum absolute atomic E-state index is 12.1. The molecule has 0 aromatic heterocycles. The van der Waals surface area contributed by atoms with Crippen molar-refractivity contribution in [3.8, 4) is 0 Å². The van der Waals surface area contributed by atoms with Gasteiger partial charge in [0, 0.05) is 23.7 Å². The van der Waals surface area contributed by atoms with Gasteiger partial charge in [-0.05, 0) is 24.3 Å². The summed E-state index contributed by atoms with van der Waals surface area (Å²) < 4.78 is 0. The van der Waals surface area contributed by atoms with E-state index in [1.165, 1.54) is 12.2 Å². The van der Waals surface area contributed by atoms with Crippen LogP contribution in [0.25, 0.3) is 0 Å². The van der Waals surface area contributed by atoms with Crippen LogP contribution in [0, 0.1) is 0 Å². The molecule has 0 bridgehead atoms. The van der Waals surface area contributed by atoms with E-state index in [2.05, 4.69) is 0 Å². The molecule has 1 amide bonds. The van der Waals surface area contributed by atoms with Gasteiger partial charge in [0.2, 0.25) is 0 Å². The summed E-state index contributed by atoms with van der Waals surface area (Å²) in [5.74, 6) is -0.200. The Morgan fingerprint density at radius 3 is 1.73 bits per heavy atom. The first-order chi connectivity index (χ1) is 12.7. The molecule has 0 N–H and O–H groups in total. The number of aliphatic imine (C=N–C) groups is 1. The summed E-state index contributed by atoms with van der Waals surface area (Å²) in [4.78, 5) is 21.9. The van der Waals surface area contributed by atoms with Crippen molar-refractivity contribution in [1.82, 2.24) is 5.06 Å². The summed E-state index contributed by atoms with van der Waals surface area (Å²) in [6, 6.07) is 27.3. The third-order valence-corrected chi connectivity index (χ3v) is 4.01. The van der Waals surface area contributed by atoms with Gasteiger partial charge >= 0.3 is 0 Å². The van der Waals surface area contributed by atoms with Crippen molar-refractivity contribution in [3.63, 3.8) is 0 Å². The van der Waals surface area contributed by atoms with Gasteiger partial charge in [0.15, 0.2) is 0 Å². The summed E-state index contributed by atoms with van der Waals surface area (Å²) in [7, 11) is 3.04. The van der Waals surface area contributed by atoms with Crippen molar-refractivity contribution in [2.24, 2.45) is 4.99 Å². The number of carbonyl (C=O) groups excluding carboxylic acids is 1. The minimum atomic E-state index is -0.200. The molecule has 0 aliphatic heterocycles. The number of nitrogens with zero attached hydrogens (tertiary/aromatic N) is 2. The first-order valence-corrected chi connectivity index (χ1v) is 8.31. The van der Waals surface area contributed by atoms with Crippen LogP contribution in [0.1, 0.15) is 21.5 Å². The Bertz CT molecular complexity index is 847.